The molecule has 1 aliphatic heterocycles. The Balaban J connectivity index is 1.69. The van der Waals surface area contributed by atoms with Crippen molar-refractivity contribution in [2.45, 2.75) is 82.7 Å². The van der Waals surface area contributed by atoms with E-state index in [4.69, 9.17) is 19.7 Å². The number of methoxy groups -OCH3 is 1. The molecule has 6 nitrogen and oxygen atoms in total. The molecule has 1 unspecified atom stereocenters. The molecule has 2 aromatic rings. The molecule has 1 aliphatic carbocycles. The molecule has 0 spiro atoms. The minimum Gasteiger partial charge on any atom is -0.494 e. The topological polar surface area (TPSA) is 72.0 Å². The van der Waals surface area contributed by atoms with Gasteiger partial charge in [-0.25, -0.2) is 9.37 Å². The van der Waals surface area contributed by atoms with Crippen molar-refractivity contribution in [3.8, 4) is 17.1 Å². The van der Waals surface area contributed by atoms with E-state index in [1.165, 1.54) is 45.3 Å². The van der Waals surface area contributed by atoms with E-state index >= 15 is 0 Å². The predicted molar refractivity (Wildman–Crippen MR) is 121 cm³/mol. The summed E-state index contributed by atoms with van der Waals surface area (Å²) >= 11 is 0. The van der Waals surface area contributed by atoms with Crippen LogP contribution in [0.15, 0.2) is 18.2 Å². The number of hydrogen-bond donors (Lipinski definition) is 2. The van der Waals surface area contributed by atoms with Gasteiger partial charge in [0.25, 0.3) is 0 Å². The molecule has 0 radical (unpaired) electrons. The molecule has 4 rings (SSSR count). The Bertz CT molecular complexity index is 863. The Labute approximate surface area is 184 Å². The van der Waals surface area contributed by atoms with Gasteiger partial charge < -0.3 is 15.4 Å². The smallest absolute Gasteiger partial charge is 0.226 e. The standard InChI is InChI=1S/C24H34FN5O/c1-3-18(20-11-8-14-26-20)23-28-22(16-12-13-21(31-2)19(25)15-16)29-24(30-23)27-17-9-6-4-5-7-10-17/h12-13,15,17-18,20,26H,3-11,14H2,1-2H3,(H,27,28,29,30)/t18-,20?/m0/s1. The largest absolute Gasteiger partial charge is 0.494 e. The Hall–Kier alpha value is -2.28. The van der Waals surface area contributed by atoms with Crippen LogP contribution < -0.4 is 15.4 Å². The number of benzene rings is 1. The van der Waals surface area contributed by atoms with Gasteiger partial charge in [-0.05, 0) is 56.8 Å². The molecule has 1 aromatic carbocycles. The van der Waals surface area contributed by atoms with E-state index in [9.17, 15) is 4.39 Å². The molecule has 1 saturated carbocycles. The SMILES string of the molecule is CC[C@H](c1nc(NC2CCCCCC2)nc(-c2ccc(OC)c(F)c2)n1)C1CCCN1. The summed E-state index contributed by atoms with van der Waals surface area (Å²) in [7, 11) is 1.47. The van der Waals surface area contributed by atoms with Crippen molar-refractivity contribution >= 4 is 5.95 Å². The van der Waals surface area contributed by atoms with Gasteiger partial charge in [0.2, 0.25) is 5.95 Å². The van der Waals surface area contributed by atoms with Crippen molar-refractivity contribution in [1.82, 2.24) is 20.3 Å². The summed E-state index contributed by atoms with van der Waals surface area (Å²) in [6.07, 6.45) is 10.6. The van der Waals surface area contributed by atoms with Crippen LogP contribution in [0.3, 0.4) is 0 Å². The Morgan fingerprint density at radius 1 is 1.10 bits per heavy atom. The average Bonchev–Trinajstić information content (AvgIpc) is 3.18. The third-order valence-corrected chi connectivity index (χ3v) is 6.61. The average molecular weight is 428 g/mol. The summed E-state index contributed by atoms with van der Waals surface area (Å²) < 4.78 is 19.5. The summed E-state index contributed by atoms with van der Waals surface area (Å²) in [5, 5.41) is 7.18. The fraction of sp³-hybridized carbons (Fsp3) is 0.625. The lowest BCUT2D eigenvalue weighted by Crippen LogP contribution is -2.30. The predicted octanol–water partition coefficient (Wildman–Crippen LogP) is 5.07. The third-order valence-electron chi connectivity index (χ3n) is 6.61. The summed E-state index contributed by atoms with van der Waals surface area (Å²) in [4.78, 5) is 14.4. The lowest BCUT2D eigenvalue weighted by Gasteiger charge is -2.23. The zero-order valence-electron chi connectivity index (χ0n) is 18.7. The van der Waals surface area contributed by atoms with Gasteiger partial charge in [0.1, 0.15) is 5.82 Å². The number of nitrogens with zero attached hydrogens (tertiary/aromatic N) is 3. The molecule has 0 bridgehead atoms. The van der Waals surface area contributed by atoms with Crippen LogP contribution in [-0.2, 0) is 0 Å². The van der Waals surface area contributed by atoms with E-state index in [1.807, 2.05) is 6.07 Å². The van der Waals surface area contributed by atoms with Crippen molar-refractivity contribution in [1.29, 1.82) is 0 Å². The molecule has 31 heavy (non-hydrogen) atoms. The van der Waals surface area contributed by atoms with Crippen molar-refractivity contribution < 1.29 is 9.13 Å². The Morgan fingerprint density at radius 3 is 2.55 bits per heavy atom. The van der Waals surface area contributed by atoms with Crippen LogP contribution in [0.2, 0.25) is 0 Å². The molecule has 168 valence electrons. The van der Waals surface area contributed by atoms with Gasteiger partial charge in [-0.3, -0.25) is 0 Å². The zero-order chi connectivity index (χ0) is 21.6. The van der Waals surface area contributed by atoms with Crippen LogP contribution >= 0.6 is 0 Å². The summed E-state index contributed by atoms with van der Waals surface area (Å²) in [6.45, 7) is 3.22. The van der Waals surface area contributed by atoms with Gasteiger partial charge in [-0.2, -0.15) is 9.97 Å². The van der Waals surface area contributed by atoms with Crippen molar-refractivity contribution in [2.24, 2.45) is 0 Å². The minimum absolute atomic E-state index is 0.210. The molecule has 7 heteroatoms. The first kappa shape index (κ1) is 21.9. The van der Waals surface area contributed by atoms with Crippen LogP contribution in [0.25, 0.3) is 11.4 Å². The highest BCUT2D eigenvalue weighted by molar-refractivity contribution is 5.58. The maximum Gasteiger partial charge on any atom is 0.226 e. The number of rotatable bonds is 7. The molecule has 2 aliphatic rings. The summed E-state index contributed by atoms with van der Waals surface area (Å²) in [5.74, 6) is 1.93. The number of anilines is 1. The summed E-state index contributed by atoms with van der Waals surface area (Å²) in [6, 6.07) is 5.64. The third kappa shape index (κ3) is 5.32. The van der Waals surface area contributed by atoms with E-state index in [0.29, 0.717) is 29.4 Å². The minimum atomic E-state index is -0.412. The van der Waals surface area contributed by atoms with Crippen molar-refractivity contribution in [3.05, 3.63) is 29.8 Å². The molecule has 1 saturated heterocycles. The van der Waals surface area contributed by atoms with E-state index < -0.39 is 5.82 Å². The molecule has 2 atom stereocenters. The van der Waals surface area contributed by atoms with E-state index in [0.717, 1.165) is 38.1 Å². The first-order valence-electron chi connectivity index (χ1n) is 11.8. The monoisotopic (exact) mass is 427 g/mol. The lowest BCUT2D eigenvalue weighted by molar-refractivity contribution is 0.386. The van der Waals surface area contributed by atoms with Gasteiger partial charge in [0, 0.05) is 23.6 Å². The van der Waals surface area contributed by atoms with Gasteiger partial charge in [0.05, 0.1) is 7.11 Å². The number of aromatic nitrogens is 3. The quantitative estimate of drug-likeness (QED) is 0.602. The first-order valence-corrected chi connectivity index (χ1v) is 11.8. The molecule has 2 heterocycles. The fourth-order valence-corrected chi connectivity index (χ4v) is 4.87. The van der Waals surface area contributed by atoms with Crippen molar-refractivity contribution in [3.63, 3.8) is 0 Å². The molecule has 2 N–H and O–H groups in total. The maximum atomic E-state index is 14.4. The van der Waals surface area contributed by atoms with Crippen LogP contribution in [0.4, 0.5) is 10.3 Å². The van der Waals surface area contributed by atoms with Crippen LogP contribution in [0.5, 0.6) is 5.75 Å². The Morgan fingerprint density at radius 2 is 1.90 bits per heavy atom. The summed E-state index contributed by atoms with van der Waals surface area (Å²) in [5.41, 5.74) is 0.639. The Kier molecular flexibility index (Phi) is 7.33. The highest BCUT2D eigenvalue weighted by atomic mass is 19.1. The van der Waals surface area contributed by atoms with Crippen LogP contribution in [-0.4, -0.2) is 40.7 Å². The van der Waals surface area contributed by atoms with Gasteiger partial charge >= 0.3 is 0 Å². The first-order chi connectivity index (χ1) is 15.2. The van der Waals surface area contributed by atoms with Crippen LogP contribution in [0.1, 0.15) is 76.5 Å². The highest BCUT2D eigenvalue weighted by Gasteiger charge is 2.28. The molecule has 1 aromatic heterocycles. The number of hydrogen-bond acceptors (Lipinski definition) is 6. The highest BCUT2D eigenvalue weighted by Crippen LogP contribution is 2.30. The normalized spacial score (nSPS) is 20.9. The second-order valence-electron chi connectivity index (χ2n) is 8.74. The maximum absolute atomic E-state index is 14.4. The van der Waals surface area contributed by atoms with Crippen LogP contribution in [0, 0.1) is 5.82 Å². The van der Waals surface area contributed by atoms with Gasteiger partial charge in [-0.1, -0.05) is 32.6 Å². The molecular weight excluding hydrogens is 393 g/mol. The molecular formula is C24H34FN5O. The van der Waals surface area contributed by atoms with Gasteiger partial charge in [-0.15, -0.1) is 0 Å². The number of halogens is 1. The van der Waals surface area contributed by atoms with Gasteiger partial charge in [0.15, 0.2) is 17.4 Å². The second-order valence-corrected chi connectivity index (χ2v) is 8.74. The second kappa shape index (κ2) is 10.4. The molecule has 0 amide bonds. The van der Waals surface area contributed by atoms with E-state index in [-0.39, 0.29) is 11.7 Å². The van der Waals surface area contributed by atoms with E-state index in [1.54, 1.807) is 6.07 Å². The van der Waals surface area contributed by atoms with Crippen molar-refractivity contribution in [2.75, 3.05) is 19.0 Å². The fourth-order valence-electron chi connectivity index (χ4n) is 4.87. The lowest BCUT2D eigenvalue weighted by atomic mass is 9.94. The number of ether oxygens (including phenoxy) is 1. The zero-order valence-corrected chi connectivity index (χ0v) is 18.7. The number of nitrogens with one attached hydrogen (secondary N) is 2. The molecule has 2 fully saturated rings. The van der Waals surface area contributed by atoms with E-state index in [2.05, 4.69) is 17.6 Å².